The summed E-state index contributed by atoms with van der Waals surface area (Å²) in [6, 6.07) is 6.84. The average Bonchev–Trinajstić information content (AvgIpc) is 2.30. The second-order valence-electron chi connectivity index (χ2n) is 4.67. The predicted molar refractivity (Wildman–Crippen MR) is 74.3 cm³/mol. The highest BCUT2D eigenvalue weighted by atomic mass is 16.2. The Morgan fingerprint density at radius 3 is 1.75 bits per heavy atom. The van der Waals surface area contributed by atoms with Gasteiger partial charge in [0.2, 0.25) is 11.8 Å². The largest absolute Gasteiger partial charge is 0.299 e. The maximum absolute atomic E-state index is 12.1. The van der Waals surface area contributed by atoms with Crippen molar-refractivity contribution in [2.45, 2.75) is 33.6 Å². The van der Waals surface area contributed by atoms with Gasteiger partial charge in [0, 0.05) is 0 Å². The molecule has 0 atom stereocenters. The van der Waals surface area contributed by atoms with Crippen molar-refractivity contribution in [1.29, 1.82) is 0 Å². The predicted octanol–water partition coefficient (Wildman–Crippen LogP) is 1.81. The van der Waals surface area contributed by atoms with Crippen LogP contribution in [0.15, 0.2) is 24.3 Å². The molecule has 0 spiro atoms. The summed E-state index contributed by atoms with van der Waals surface area (Å²) in [7, 11) is 0. The van der Waals surface area contributed by atoms with Crippen LogP contribution in [0.2, 0.25) is 0 Å². The van der Waals surface area contributed by atoms with E-state index in [1.165, 1.54) is 13.8 Å². The van der Waals surface area contributed by atoms with E-state index in [0.717, 1.165) is 10.5 Å². The van der Waals surface area contributed by atoms with Crippen molar-refractivity contribution >= 4 is 29.1 Å². The van der Waals surface area contributed by atoms with Gasteiger partial charge in [-0.25, -0.2) is 4.90 Å². The number of aryl methyl sites for hydroxylation is 1. The maximum Gasteiger partial charge on any atom is 0.241 e. The topological polar surface area (TPSA) is 71.5 Å². The molecule has 0 aliphatic rings. The molecule has 2 amide bonds. The van der Waals surface area contributed by atoms with Gasteiger partial charge in [0.05, 0.1) is 18.5 Å². The Hall–Kier alpha value is -2.30. The first-order chi connectivity index (χ1) is 9.32. The fourth-order valence-electron chi connectivity index (χ4n) is 1.81. The number of imide groups is 1. The lowest BCUT2D eigenvalue weighted by atomic mass is 10.1. The zero-order chi connectivity index (χ0) is 15.3. The van der Waals surface area contributed by atoms with Gasteiger partial charge in [0.25, 0.3) is 0 Å². The summed E-state index contributed by atoms with van der Waals surface area (Å²) in [5.74, 6) is -1.88. The van der Waals surface area contributed by atoms with E-state index in [9.17, 15) is 19.2 Å². The molecule has 106 valence electrons. The molecule has 0 N–H and O–H groups in total. The third-order valence-electron chi connectivity index (χ3n) is 2.66. The minimum Gasteiger partial charge on any atom is -0.299 e. The highest BCUT2D eigenvalue weighted by Gasteiger charge is 2.26. The number of Topliss-reactive ketones (excluding diaryl/α,β-unsaturated/α-hetero) is 2. The molecule has 0 saturated carbocycles. The van der Waals surface area contributed by atoms with Crippen LogP contribution >= 0.6 is 0 Å². The second kappa shape index (κ2) is 6.75. The molecule has 1 aromatic rings. The molecule has 1 aromatic carbocycles. The first kappa shape index (κ1) is 15.8. The highest BCUT2D eigenvalue weighted by molar-refractivity contribution is 6.22. The molecule has 0 heterocycles. The SMILES string of the molecule is CC(=O)CC(=O)N(C(=O)CC(C)=O)c1ccccc1C. The Morgan fingerprint density at radius 1 is 0.900 bits per heavy atom. The van der Waals surface area contributed by atoms with Gasteiger partial charge in [-0.2, -0.15) is 0 Å². The number of amides is 2. The Morgan fingerprint density at radius 2 is 1.35 bits per heavy atom. The Balaban J connectivity index is 3.17. The van der Waals surface area contributed by atoms with E-state index in [4.69, 9.17) is 0 Å². The first-order valence-corrected chi connectivity index (χ1v) is 6.23. The van der Waals surface area contributed by atoms with Gasteiger partial charge in [-0.1, -0.05) is 18.2 Å². The van der Waals surface area contributed by atoms with Gasteiger partial charge in [-0.15, -0.1) is 0 Å². The molecule has 0 saturated heterocycles. The van der Waals surface area contributed by atoms with Crippen molar-refractivity contribution in [3.63, 3.8) is 0 Å². The van der Waals surface area contributed by atoms with Crippen molar-refractivity contribution in [3.8, 4) is 0 Å². The first-order valence-electron chi connectivity index (χ1n) is 6.23. The lowest BCUT2D eigenvalue weighted by molar-refractivity contribution is -0.130. The van der Waals surface area contributed by atoms with Crippen LogP contribution < -0.4 is 4.90 Å². The summed E-state index contributed by atoms with van der Waals surface area (Å²) in [6.07, 6.45) is -0.726. The number of ketones is 2. The zero-order valence-electron chi connectivity index (χ0n) is 11.8. The smallest absolute Gasteiger partial charge is 0.241 e. The Bertz CT molecular complexity index is 535. The maximum atomic E-state index is 12.1. The van der Waals surface area contributed by atoms with Gasteiger partial charge in [0.15, 0.2) is 0 Å². The molecule has 1 rings (SSSR count). The fourth-order valence-corrected chi connectivity index (χ4v) is 1.81. The second-order valence-corrected chi connectivity index (χ2v) is 4.67. The van der Waals surface area contributed by atoms with Gasteiger partial charge in [-0.05, 0) is 32.4 Å². The van der Waals surface area contributed by atoms with Crippen molar-refractivity contribution < 1.29 is 19.2 Å². The van der Waals surface area contributed by atoms with Crippen molar-refractivity contribution in [1.82, 2.24) is 0 Å². The van der Waals surface area contributed by atoms with E-state index >= 15 is 0 Å². The van der Waals surface area contributed by atoms with Crippen LogP contribution in [0.5, 0.6) is 0 Å². The van der Waals surface area contributed by atoms with E-state index in [0.29, 0.717) is 5.69 Å². The van der Waals surface area contributed by atoms with Gasteiger partial charge in [0.1, 0.15) is 11.6 Å². The summed E-state index contributed by atoms with van der Waals surface area (Å²) >= 11 is 0. The number of hydrogen-bond acceptors (Lipinski definition) is 4. The summed E-state index contributed by atoms with van der Waals surface area (Å²) in [5.41, 5.74) is 1.13. The van der Waals surface area contributed by atoms with Crippen LogP contribution in [0.25, 0.3) is 0 Å². The number of nitrogens with zero attached hydrogens (tertiary/aromatic N) is 1. The highest BCUT2D eigenvalue weighted by Crippen LogP contribution is 2.21. The van der Waals surface area contributed by atoms with Gasteiger partial charge < -0.3 is 0 Å². The fraction of sp³-hybridized carbons (Fsp3) is 0.333. The number of benzene rings is 1. The molecule has 0 aliphatic heterocycles. The number of hydrogen-bond donors (Lipinski definition) is 0. The number of anilines is 1. The Labute approximate surface area is 117 Å². The number of para-hydroxylation sites is 1. The van der Waals surface area contributed by atoms with Crippen LogP contribution in [0.4, 0.5) is 5.69 Å². The standard InChI is InChI=1S/C15H17NO4/c1-10-6-4-5-7-13(10)16(14(19)8-11(2)17)15(20)9-12(3)18/h4-7H,8-9H2,1-3H3. The van der Waals surface area contributed by atoms with Crippen LogP contribution in [-0.2, 0) is 19.2 Å². The van der Waals surface area contributed by atoms with Gasteiger partial charge >= 0.3 is 0 Å². The molecule has 0 fully saturated rings. The Kier molecular flexibility index (Phi) is 5.32. The van der Waals surface area contributed by atoms with E-state index in [2.05, 4.69) is 0 Å². The van der Waals surface area contributed by atoms with Crippen molar-refractivity contribution in [2.24, 2.45) is 0 Å². The third kappa shape index (κ3) is 4.12. The molecular weight excluding hydrogens is 258 g/mol. The minimum absolute atomic E-state index is 0.329. The molecule has 0 unspecified atom stereocenters. The zero-order valence-corrected chi connectivity index (χ0v) is 11.8. The van der Waals surface area contributed by atoms with E-state index < -0.39 is 11.8 Å². The monoisotopic (exact) mass is 275 g/mol. The molecule has 20 heavy (non-hydrogen) atoms. The van der Waals surface area contributed by atoms with E-state index in [-0.39, 0.29) is 24.4 Å². The number of carbonyl (C=O) groups is 4. The third-order valence-corrected chi connectivity index (χ3v) is 2.66. The summed E-state index contributed by atoms with van der Waals surface area (Å²) in [5, 5.41) is 0. The minimum atomic E-state index is -0.613. The molecule has 5 nitrogen and oxygen atoms in total. The van der Waals surface area contributed by atoms with Crippen LogP contribution in [0, 0.1) is 6.92 Å². The van der Waals surface area contributed by atoms with E-state index in [1.807, 2.05) is 0 Å². The lowest BCUT2D eigenvalue weighted by Crippen LogP contribution is -2.39. The summed E-state index contributed by atoms with van der Waals surface area (Å²) < 4.78 is 0. The molecule has 0 aromatic heterocycles. The number of rotatable bonds is 5. The van der Waals surface area contributed by atoms with Crippen LogP contribution in [0.3, 0.4) is 0 Å². The van der Waals surface area contributed by atoms with Crippen molar-refractivity contribution in [2.75, 3.05) is 4.90 Å². The summed E-state index contributed by atoms with van der Waals surface area (Å²) in [4.78, 5) is 47.3. The van der Waals surface area contributed by atoms with Crippen LogP contribution in [-0.4, -0.2) is 23.4 Å². The lowest BCUT2D eigenvalue weighted by Gasteiger charge is -2.22. The van der Waals surface area contributed by atoms with Crippen molar-refractivity contribution in [3.05, 3.63) is 29.8 Å². The molecule has 0 radical (unpaired) electrons. The summed E-state index contributed by atoms with van der Waals surface area (Å²) in [6.45, 7) is 4.32. The quantitative estimate of drug-likeness (QED) is 0.768. The van der Waals surface area contributed by atoms with E-state index in [1.54, 1.807) is 31.2 Å². The van der Waals surface area contributed by atoms with Gasteiger partial charge in [-0.3, -0.25) is 19.2 Å². The molecular formula is C15H17NO4. The molecule has 0 aliphatic carbocycles. The normalized spacial score (nSPS) is 9.95. The molecule has 5 heteroatoms. The number of carbonyl (C=O) groups excluding carboxylic acids is 4. The molecule has 0 bridgehead atoms. The van der Waals surface area contributed by atoms with Crippen LogP contribution in [0.1, 0.15) is 32.3 Å². The average molecular weight is 275 g/mol.